The number of ether oxygens (including phenoxy) is 3. The lowest BCUT2D eigenvalue weighted by Crippen LogP contribution is -2.33. The van der Waals surface area contributed by atoms with Gasteiger partial charge in [-0.2, -0.15) is 0 Å². The normalized spacial score (nSPS) is 11.0. The van der Waals surface area contributed by atoms with Gasteiger partial charge in [-0.15, -0.1) is 24.0 Å². The Bertz CT molecular complexity index is 508. The van der Waals surface area contributed by atoms with Crippen molar-refractivity contribution in [3.8, 4) is 17.2 Å². The molecule has 0 bridgehead atoms. The van der Waals surface area contributed by atoms with Crippen LogP contribution in [0.15, 0.2) is 17.1 Å². The summed E-state index contributed by atoms with van der Waals surface area (Å²) in [5.74, 6) is 2.89. The molecule has 0 amide bonds. The summed E-state index contributed by atoms with van der Waals surface area (Å²) in [4.78, 5) is 4.27. The summed E-state index contributed by atoms with van der Waals surface area (Å²) in [7, 11) is 4.82. The fourth-order valence-electron chi connectivity index (χ4n) is 2.02. The molecule has 0 aliphatic heterocycles. The van der Waals surface area contributed by atoms with Crippen molar-refractivity contribution in [3.63, 3.8) is 0 Å². The SMILES string of the molecule is COc1ccc(CCNC(N)=NCC(C)C)c(OC)c1OC.I. The highest BCUT2D eigenvalue weighted by atomic mass is 127. The minimum atomic E-state index is 0. The first-order valence-corrected chi connectivity index (χ1v) is 7.35. The number of nitrogens with two attached hydrogens (primary N) is 1. The second-order valence-corrected chi connectivity index (χ2v) is 5.29. The first-order chi connectivity index (χ1) is 10.5. The third kappa shape index (κ3) is 6.72. The molecule has 0 saturated heterocycles. The lowest BCUT2D eigenvalue weighted by Gasteiger charge is -2.16. The monoisotopic (exact) mass is 437 g/mol. The summed E-state index contributed by atoms with van der Waals surface area (Å²) in [6.45, 7) is 5.59. The zero-order valence-electron chi connectivity index (χ0n) is 14.5. The van der Waals surface area contributed by atoms with Gasteiger partial charge >= 0.3 is 0 Å². The van der Waals surface area contributed by atoms with Crippen LogP contribution in [0.2, 0.25) is 0 Å². The molecule has 1 aromatic rings. The van der Waals surface area contributed by atoms with Crippen LogP contribution in [0.3, 0.4) is 0 Å². The fourth-order valence-corrected chi connectivity index (χ4v) is 2.02. The third-order valence-corrected chi connectivity index (χ3v) is 3.11. The third-order valence-electron chi connectivity index (χ3n) is 3.11. The van der Waals surface area contributed by atoms with E-state index in [-0.39, 0.29) is 24.0 Å². The van der Waals surface area contributed by atoms with E-state index in [9.17, 15) is 0 Å². The molecule has 0 aliphatic rings. The molecule has 0 radical (unpaired) electrons. The van der Waals surface area contributed by atoms with E-state index in [1.54, 1.807) is 21.3 Å². The molecule has 1 rings (SSSR count). The summed E-state index contributed by atoms with van der Waals surface area (Å²) in [6, 6.07) is 3.83. The number of hydrogen-bond acceptors (Lipinski definition) is 4. The van der Waals surface area contributed by atoms with Gasteiger partial charge in [0.1, 0.15) is 0 Å². The first kappa shape index (κ1) is 21.6. The second-order valence-electron chi connectivity index (χ2n) is 5.29. The molecule has 0 aliphatic carbocycles. The molecule has 0 atom stereocenters. The van der Waals surface area contributed by atoms with Crippen molar-refractivity contribution >= 4 is 29.9 Å². The van der Waals surface area contributed by atoms with Gasteiger partial charge in [-0.05, 0) is 18.4 Å². The largest absolute Gasteiger partial charge is 0.493 e. The smallest absolute Gasteiger partial charge is 0.203 e. The highest BCUT2D eigenvalue weighted by Gasteiger charge is 2.15. The van der Waals surface area contributed by atoms with Gasteiger partial charge in [0.15, 0.2) is 17.5 Å². The Labute approximate surface area is 155 Å². The van der Waals surface area contributed by atoms with E-state index < -0.39 is 0 Å². The van der Waals surface area contributed by atoms with Gasteiger partial charge in [-0.25, -0.2) is 0 Å². The van der Waals surface area contributed by atoms with Crippen molar-refractivity contribution in [2.75, 3.05) is 34.4 Å². The standard InChI is InChI=1S/C16H27N3O3.HI/c1-11(2)10-19-16(17)18-9-8-12-6-7-13(20-3)15(22-5)14(12)21-4;/h6-7,11H,8-10H2,1-5H3,(H3,17,18,19);1H. The van der Waals surface area contributed by atoms with Gasteiger partial charge in [0, 0.05) is 18.7 Å². The number of aliphatic imine (C=N–C) groups is 1. The summed E-state index contributed by atoms with van der Waals surface area (Å²) in [5.41, 5.74) is 6.84. The van der Waals surface area contributed by atoms with Crippen molar-refractivity contribution < 1.29 is 14.2 Å². The Morgan fingerprint density at radius 2 is 1.78 bits per heavy atom. The van der Waals surface area contributed by atoms with Crippen molar-refractivity contribution in [1.82, 2.24) is 5.32 Å². The Kier molecular flexibility index (Phi) is 10.5. The topological polar surface area (TPSA) is 78.1 Å². The minimum absolute atomic E-state index is 0. The maximum Gasteiger partial charge on any atom is 0.203 e. The molecule has 0 fully saturated rings. The molecule has 132 valence electrons. The molecule has 3 N–H and O–H groups in total. The van der Waals surface area contributed by atoms with Crippen LogP contribution in [0.1, 0.15) is 19.4 Å². The van der Waals surface area contributed by atoms with Gasteiger partial charge in [0.05, 0.1) is 21.3 Å². The number of nitrogens with one attached hydrogen (secondary N) is 1. The van der Waals surface area contributed by atoms with E-state index in [0.717, 1.165) is 18.5 Å². The number of hydrogen-bond donors (Lipinski definition) is 2. The molecular weight excluding hydrogens is 409 g/mol. The Morgan fingerprint density at radius 1 is 1.13 bits per heavy atom. The molecule has 23 heavy (non-hydrogen) atoms. The summed E-state index contributed by atoms with van der Waals surface area (Å²) in [6.07, 6.45) is 0.738. The number of methoxy groups -OCH3 is 3. The molecule has 6 nitrogen and oxygen atoms in total. The van der Waals surface area contributed by atoms with E-state index in [1.165, 1.54) is 0 Å². The van der Waals surface area contributed by atoms with Crippen LogP contribution in [0.4, 0.5) is 0 Å². The Hall–Kier alpha value is -1.38. The summed E-state index contributed by atoms with van der Waals surface area (Å²) in [5, 5.41) is 3.10. The van der Waals surface area contributed by atoms with Crippen LogP contribution in [0.5, 0.6) is 17.2 Å². The Morgan fingerprint density at radius 3 is 2.30 bits per heavy atom. The predicted molar refractivity (Wildman–Crippen MR) is 105 cm³/mol. The zero-order chi connectivity index (χ0) is 16.5. The number of guanidine groups is 1. The minimum Gasteiger partial charge on any atom is -0.493 e. The number of benzene rings is 1. The van der Waals surface area contributed by atoms with Crippen molar-refractivity contribution in [3.05, 3.63) is 17.7 Å². The van der Waals surface area contributed by atoms with E-state index in [0.29, 0.717) is 35.7 Å². The average molecular weight is 437 g/mol. The number of halogens is 1. The van der Waals surface area contributed by atoms with Gasteiger partial charge in [0.25, 0.3) is 0 Å². The van der Waals surface area contributed by atoms with Crippen LogP contribution in [0, 0.1) is 5.92 Å². The second kappa shape index (κ2) is 11.2. The highest BCUT2D eigenvalue weighted by molar-refractivity contribution is 14.0. The lowest BCUT2D eigenvalue weighted by atomic mass is 10.1. The van der Waals surface area contributed by atoms with Gasteiger partial charge < -0.3 is 25.3 Å². The van der Waals surface area contributed by atoms with Gasteiger partial charge in [-0.1, -0.05) is 19.9 Å². The summed E-state index contributed by atoms with van der Waals surface area (Å²) < 4.78 is 16.1. The van der Waals surface area contributed by atoms with Crippen molar-refractivity contribution in [1.29, 1.82) is 0 Å². The molecule has 0 aromatic heterocycles. The van der Waals surface area contributed by atoms with Crippen molar-refractivity contribution in [2.45, 2.75) is 20.3 Å². The zero-order valence-corrected chi connectivity index (χ0v) is 16.8. The predicted octanol–water partition coefficient (Wildman–Crippen LogP) is 2.43. The quantitative estimate of drug-likeness (QED) is 0.371. The van der Waals surface area contributed by atoms with Crippen LogP contribution < -0.4 is 25.3 Å². The first-order valence-electron chi connectivity index (χ1n) is 7.35. The average Bonchev–Trinajstić information content (AvgIpc) is 2.51. The van der Waals surface area contributed by atoms with Crippen LogP contribution in [0.25, 0.3) is 0 Å². The molecule has 0 spiro atoms. The maximum atomic E-state index is 5.82. The van der Waals surface area contributed by atoms with Gasteiger partial charge in [-0.3, -0.25) is 4.99 Å². The Balaban J connectivity index is 0.00000484. The van der Waals surface area contributed by atoms with E-state index in [1.807, 2.05) is 12.1 Å². The summed E-state index contributed by atoms with van der Waals surface area (Å²) >= 11 is 0. The highest BCUT2D eigenvalue weighted by Crippen LogP contribution is 2.39. The number of nitrogens with zero attached hydrogens (tertiary/aromatic N) is 1. The van der Waals surface area contributed by atoms with Crippen LogP contribution >= 0.6 is 24.0 Å². The molecule has 0 saturated carbocycles. The van der Waals surface area contributed by atoms with Gasteiger partial charge in [0.2, 0.25) is 5.75 Å². The molecule has 1 aromatic carbocycles. The molecule has 0 heterocycles. The van der Waals surface area contributed by atoms with Crippen molar-refractivity contribution in [2.24, 2.45) is 16.6 Å². The lowest BCUT2D eigenvalue weighted by molar-refractivity contribution is 0.322. The van der Waals surface area contributed by atoms with E-state index >= 15 is 0 Å². The molecular formula is C16H28IN3O3. The molecule has 0 unspecified atom stereocenters. The number of rotatable bonds is 8. The fraction of sp³-hybridized carbons (Fsp3) is 0.562. The van der Waals surface area contributed by atoms with Crippen LogP contribution in [-0.4, -0.2) is 40.4 Å². The molecule has 7 heteroatoms. The van der Waals surface area contributed by atoms with E-state index in [4.69, 9.17) is 19.9 Å². The maximum absolute atomic E-state index is 5.82. The van der Waals surface area contributed by atoms with Crippen LogP contribution in [-0.2, 0) is 6.42 Å². The van der Waals surface area contributed by atoms with E-state index in [2.05, 4.69) is 24.2 Å².